The zero-order valence-electron chi connectivity index (χ0n) is 27.7. The van der Waals surface area contributed by atoms with Crippen molar-refractivity contribution in [1.82, 2.24) is 0 Å². The normalized spacial score (nSPS) is 35.0. The summed E-state index contributed by atoms with van der Waals surface area (Å²) in [6.45, 7) is 12.6. The van der Waals surface area contributed by atoms with Gasteiger partial charge in [0.15, 0.2) is 23.1 Å². The van der Waals surface area contributed by atoms with Gasteiger partial charge in [-0.25, -0.2) is 0 Å². The third-order valence-electron chi connectivity index (χ3n) is 9.80. The molecule has 0 amide bonds. The van der Waals surface area contributed by atoms with Crippen LogP contribution in [0.1, 0.15) is 85.1 Å². The van der Waals surface area contributed by atoms with Crippen LogP contribution in [0.4, 0.5) is 0 Å². The number of carbonyl (C=O) groups is 4. The quantitative estimate of drug-likeness (QED) is 0.246. The fourth-order valence-corrected chi connectivity index (χ4v) is 6.37. The summed E-state index contributed by atoms with van der Waals surface area (Å²) in [5, 5.41) is 55.1. The number of aromatic hydroxyl groups is 1. The van der Waals surface area contributed by atoms with E-state index in [-0.39, 0.29) is 39.0 Å². The molecular formula is C36H47NO9. The van der Waals surface area contributed by atoms with Crippen molar-refractivity contribution in [2.75, 3.05) is 0 Å². The summed E-state index contributed by atoms with van der Waals surface area (Å²) < 4.78 is 0. The predicted molar refractivity (Wildman–Crippen MR) is 173 cm³/mol. The third-order valence-corrected chi connectivity index (χ3v) is 9.80. The average Bonchev–Trinajstić information content (AvgIpc) is 3.03. The van der Waals surface area contributed by atoms with Crippen molar-refractivity contribution < 1.29 is 44.7 Å². The van der Waals surface area contributed by atoms with E-state index in [0.717, 1.165) is 6.08 Å². The Kier molecular flexibility index (Phi) is 11.6. The highest BCUT2D eigenvalue weighted by Gasteiger charge is 2.40. The molecule has 10 unspecified atom stereocenters. The van der Waals surface area contributed by atoms with E-state index >= 15 is 0 Å². The summed E-state index contributed by atoms with van der Waals surface area (Å²) in [6.07, 6.45) is 2.66. The van der Waals surface area contributed by atoms with Crippen LogP contribution in [0.25, 0.3) is 0 Å². The fourth-order valence-electron chi connectivity index (χ4n) is 6.37. The number of phenolic OH excluding ortho intramolecular Hbond substituents is 1. The number of hydrogen-bond donors (Lipinski definition) is 6. The van der Waals surface area contributed by atoms with Gasteiger partial charge in [-0.1, -0.05) is 58.9 Å². The van der Waals surface area contributed by atoms with Crippen LogP contribution in [0.2, 0.25) is 0 Å². The minimum Gasteiger partial charge on any atom is -0.507 e. The second kappa shape index (κ2) is 14.5. The molecule has 46 heavy (non-hydrogen) atoms. The molecule has 1 aromatic rings. The van der Waals surface area contributed by atoms with Crippen LogP contribution >= 0.6 is 0 Å². The van der Waals surface area contributed by atoms with Crippen LogP contribution in [-0.4, -0.2) is 79.1 Å². The predicted octanol–water partition coefficient (Wildman–Crippen LogP) is 3.17. The summed E-state index contributed by atoms with van der Waals surface area (Å²) in [4.78, 5) is 54.4. The maximum absolute atomic E-state index is 13.8. The largest absolute Gasteiger partial charge is 0.507 e. The van der Waals surface area contributed by atoms with E-state index in [4.69, 9.17) is 5.73 Å². The van der Waals surface area contributed by atoms with Crippen molar-refractivity contribution in [2.45, 2.75) is 85.8 Å². The topological polar surface area (TPSA) is 195 Å². The number of ketones is 4. The molecule has 1 aromatic carbocycles. The maximum Gasteiger partial charge on any atom is 0.192 e. The number of aliphatic hydroxyl groups excluding tert-OH is 4. The zero-order valence-corrected chi connectivity index (χ0v) is 27.7. The lowest BCUT2D eigenvalue weighted by molar-refractivity contribution is -0.116. The number of Topliss-reactive ketones (excluding diaryl/α,β-unsaturated/α-hetero) is 3. The number of phenols is 1. The first-order valence-corrected chi connectivity index (χ1v) is 15.6. The van der Waals surface area contributed by atoms with E-state index in [1.54, 1.807) is 46.8 Å². The summed E-state index contributed by atoms with van der Waals surface area (Å²) >= 11 is 0. The van der Waals surface area contributed by atoms with Crippen LogP contribution in [0, 0.1) is 36.5 Å². The van der Waals surface area contributed by atoms with Gasteiger partial charge in [-0.05, 0) is 44.1 Å². The summed E-state index contributed by atoms with van der Waals surface area (Å²) in [5.41, 5.74) is 5.48. The number of aryl methyl sites for hydroxylation is 1. The monoisotopic (exact) mass is 637 g/mol. The molecule has 0 heterocycles. The molecule has 3 aliphatic carbocycles. The first-order chi connectivity index (χ1) is 21.3. The van der Waals surface area contributed by atoms with Crippen molar-refractivity contribution in [3.8, 4) is 5.75 Å². The zero-order chi connectivity index (χ0) is 34.9. The molecule has 0 fully saturated rings. The van der Waals surface area contributed by atoms with Crippen molar-refractivity contribution >= 4 is 23.1 Å². The lowest BCUT2D eigenvalue weighted by Gasteiger charge is -2.36. The Bertz CT molecular complexity index is 1530. The SMILES string of the molecule is CC1=C2C(=O)c3cc(C)c(O)c(c3C1=O)C(=O)C=CC(C)C(O)C(C)C(O)C(C)C(O)C(C)C(O)C(C)C=C/C=C(\C)C(=O)C2N. The van der Waals surface area contributed by atoms with Crippen LogP contribution in [0.5, 0.6) is 5.75 Å². The highest BCUT2D eigenvalue weighted by atomic mass is 16.3. The number of benzene rings is 1. The second-order valence-corrected chi connectivity index (χ2v) is 13.1. The van der Waals surface area contributed by atoms with Gasteiger partial charge in [0.1, 0.15) is 5.75 Å². The Labute approximate surface area is 270 Å². The lowest BCUT2D eigenvalue weighted by atomic mass is 9.76. The van der Waals surface area contributed by atoms with Gasteiger partial charge >= 0.3 is 0 Å². The summed E-state index contributed by atoms with van der Waals surface area (Å²) in [6, 6.07) is -0.194. The fraction of sp³-hybridized carbons (Fsp3) is 0.500. The minimum atomic E-state index is -1.49. The number of hydrogen-bond acceptors (Lipinski definition) is 10. The first kappa shape index (κ1) is 36.9. The van der Waals surface area contributed by atoms with E-state index in [0.29, 0.717) is 0 Å². The smallest absolute Gasteiger partial charge is 0.192 e. The van der Waals surface area contributed by atoms with Crippen LogP contribution in [-0.2, 0) is 4.79 Å². The lowest BCUT2D eigenvalue weighted by Crippen LogP contribution is -2.45. The Morgan fingerprint density at radius 1 is 0.696 bits per heavy atom. The second-order valence-electron chi connectivity index (χ2n) is 13.1. The highest BCUT2D eigenvalue weighted by Crippen LogP contribution is 2.37. The molecule has 0 saturated carbocycles. The molecular weight excluding hydrogens is 590 g/mol. The molecule has 7 N–H and O–H groups in total. The Morgan fingerprint density at radius 3 is 1.74 bits per heavy atom. The summed E-state index contributed by atoms with van der Waals surface area (Å²) in [7, 11) is 0. The number of carbonyl (C=O) groups excluding carboxylic acids is 4. The van der Waals surface area contributed by atoms with Crippen molar-refractivity contribution in [3.63, 3.8) is 0 Å². The van der Waals surface area contributed by atoms with Gasteiger partial charge in [0.25, 0.3) is 0 Å². The number of nitrogens with two attached hydrogens (primary N) is 1. The van der Waals surface area contributed by atoms with Crippen LogP contribution < -0.4 is 5.73 Å². The first-order valence-electron chi connectivity index (χ1n) is 15.6. The molecule has 10 nitrogen and oxygen atoms in total. The van der Waals surface area contributed by atoms with Gasteiger partial charge in [0.2, 0.25) is 0 Å². The van der Waals surface area contributed by atoms with E-state index in [1.165, 1.54) is 39.0 Å². The van der Waals surface area contributed by atoms with Crippen molar-refractivity contribution in [2.24, 2.45) is 35.3 Å². The molecule has 0 aromatic heterocycles. The van der Waals surface area contributed by atoms with E-state index < -0.39 is 88.9 Å². The number of fused-ring (bicyclic) bond motifs is 15. The number of rotatable bonds is 0. The van der Waals surface area contributed by atoms with E-state index in [1.807, 2.05) is 0 Å². The Hall–Kier alpha value is -3.54. The average molecular weight is 638 g/mol. The third kappa shape index (κ3) is 6.91. The molecule has 3 aliphatic rings. The highest BCUT2D eigenvalue weighted by molar-refractivity contribution is 6.32. The molecule has 10 atom stereocenters. The summed E-state index contributed by atoms with van der Waals surface area (Å²) in [5.74, 6) is -6.66. The van der Waals surface area contributed by atoms with Gasteiger partial charge in [0, 0.05) is 51.9 Å². The van der Waals surface area contributed by atoms with Crippen LogP contribution in [0.3, 0.4) is 0 Å². The Balaban J connectivity index is 2.20. The maximum atomic E-state index is 13.8. The molecule has 250 valence electrons. The van der Waals surface area contributed by atoms with Gasteiger partial charge in [-0.15, -0.1) is 0 Å². The van der Waals surface area contributed by atoms with Crippen molar-refractivity contribution in [3.05, 3.63) is 75.4 Å². The molecule has 0 saturated heterocycles. The number of allylic oxidation sites excluding steroid dienone is 4. The molecule has 4 rings (SSSR count). The molecule has 0 radical (unpaired) electrons. The van der Waals surface area contributed by atoms with Crippen LogP contribution in [0.15, 0.2) is 53.2 Å². The molecule has 10 heteroatoms. The number of aliphatic hydroxyl groups is 4. The van der Waals surface area contributed by atoms with Crippen molar-refractivity contribution in [1.29, 1.82) is 0 Å². The minimum absolute atomic E-state index is 0.119. The van der Waals surface area contributed by atoms with Gasteiger partial charge in [-0.3, -0.25) is 19.2 Å². The Morgan fingerprint density at radius 2 is 1.20 bits per heavy atom. The van der Waals surface area contributed by atoms with Gasteiger partial charge in [0.05, 0.1) is 36.0 Å². The van der Waals surface area contributed by atoms with Gasteiger partial charge in [-0.2, -0.15) is 0 Å². The standard InChI is InChI=1S/C36H47NO9/c1-15-10-9-11-16(2)32(42)28(37)25-19(5)35(45)26-23(36(25)46)14-18(4)31(41)27(26)24(38)13-12-17(3)30(40)21(7)34(44)22(8)33(43)20(6)29(15)39/h9-15,17,20-22,28-30,33-34,39-41,43-44H,37H2,1-8H3/b10-9?,13-12?,16-11+. The molecule has 4 bridgehead atoms. The van der Waals surface area contributed by atoms with Gasteiger partial charge < -0.3 is 31.3 Å². The molecule has 0 aliphatic heterocycles. The van der Waals surface area contributed by atoms with E-state index in [2.05, 4.69) is 0 Å². The van der Waals surface area contributed by atoms with E-state index in [9.17, 15) is 44.7 Å². The molecule has 0 spiro atoms.